The van der Waals surface area contributed by atoms with Gasteiger partial charge in [0, 0.05) is 13.1 Å². The Kier molecular flexibility index (Phi) is 3.89. The molecule has 2 N–H and O–H groups in total. The number of rotatable bonds is 3. The minimum absolute atomic E-state index is 0.150. The summed E-state index contributed by atoms with van der Waals surface area (Å²) in [5.74, 6) is 0.201. The molecule has 2 heterocycles. The average molecular weight is 301 g/mol. The monoisotopic (exact) mass is 300 g/mol. The summed E-state index contributed by atoms with van der Waals surface area (Å²) < 4.78 is 5.78. The van der Waals surface area contributed by atoms with Crippen LogP contribution in [0.5, 0.6) is 0 Å². The Morgan fingerprint density at radius 1 is 1.65 bits per heavy atom. The van der Waals surface area contributed by atoms with Crippen LogP contribution in [-0.2, 0) is 0 Å². The zero-order valence-corrected chi connectivity index (χ0v) is 11.5. The van der Waals surface area contributed by atoms with Gasteiger partial charge in [-0.25, -0.2) is 0 Å². The third-order valence-electron chi connectivity index (χ3n) is 3.16. The molecule has 0 radical (unpaired) electrons. The summed E-state index contributed by atoms with van der Waals surface area (Å²) >= 11 is 3.18. The fraction of sp³-hybridized carbons (Fsp3) is 0.583. The molecule has 1 saturated heterocycles. The Balaban J connectivity index is 1.87. The van der Waals surface area contributed by atoms with Crippen LogP contribution >= 0.6 is 15.9 Å². The van der Waals surface area contributed by atoms with E-state index in [1.54, 1.807) is 12.1 Å². The highest BCUT2D eigenvalue weighted by atomic mass is 79.9. The Labute approximate surface area is 109 Å². The minimum atomic E-state index is -0.150. The fourth-order valence-corrected chi connectivity index (χ4v) is 2.39. The lowest BCUT2D eigenvalue weighted by Gasteiger charge is -2.34. The molecule has 4 nitrogen and oxygen atoms in total. The van der Waals surface area contributed by atoms with Gasteiger partial charge < -0.3 is 15.1 Å². The quantitative estimate of drug-likeness (QED) is 0.899. The van der Waals surface area contributed by atoms with Crippen LogP contribution in [0.4, 0.5) is 0 Å². The van der Waals surface area contributed by atoms with Crippen LogP contribution in [0, 0.1) is 5.41 Å². The van der Waals surface area contributed by atoms with Gasteiger partial charge >= 0.3 is 0 Å². The van der Waals surface area contributed by atoms with Crippen molar-refractivity contribution < 1.29 is 9.21 Å². The summed E-state index contributed by atoms with van der Waals surface area (Å²) in [4.78, 5) is 11.8. The maximum absolute atomic E-state index is 11.8. The zero-order valence-electron chi connectivity index (χ0n) is 9.88. The standard InChI is InChI=1S/C12H17BrN2O2/c1-12(5-2-6-14-7-12)8-15-11(16)9-3-4-10(13)17-9/h3-4,14H,2,5-8H2,1H3,(H,15,16). The van der Waals surface area contributed by atoms with Gasteiger partial charge in [-0.2, -0.15) is 0 Å². The Morgan fingerprint density at radius 3 is 3.06 bits per heavy atom. The van der Waals surface area contributed by atoms with Gasteiger partial charge in [-0.3, -0.25) is 4.79 Å². The van der Waals surface area contributed by atoms with Crippen LogP contribution in [0.25, 0.3) is 0 Å². The molecular formula is C12H17BrN2O2. The number of hydrogen-bond acceptors (Lipinski definition) is 3. The molecule has 1 fully saturated rings. The van der Waals surface area contributed by atoms with Gasteiger partial charge in [-0.1, -0.05) is 6.92 Å². The molecule has 1 unspecified atom stereocenters. The van der Waals surface area contributed by atoms with E-state index in [0.29, 0.717) is 17.0 Å². The Bertz CT molecular complexity index is 397. The molecule has 1 aromatic rings. The minimum Gasteiger partial charge on any atom is -0.444 e. The van der Waals surface area contributed by atoms with Gasteiger partial charge in [-0.15, -0.1) is 0 Å². The number of hydrogen-bond donors (Lipinski definition) is 2. The van der Waals surface area contributed by atoms with E-state index in [4.69, 9.17) is 4.42 Å². The van der Waals surface area contributed by atoms with Crippen LogP contribution in [0.1, 0.15) is 30.3 Å². The molecule has 1 aliphatic heterocycles. The van der Waals surface area contributed by atoms with Gasteiger partial charge in [0.2, 0.25) is 0 Å². The summed E-state index contributed by atoms with van der Waals surface area (Å²) in [6.45, 7) is 4.90. The molecule has 0 aliphatic carbocycles. The molecule has 94 valence electrons. The lowest BCUT2D eigenvalue weighted by atomic mass is 9.83. The third kappa shape index (κ3) is 3.33. The van der Waals surface area contributed by atoms with E-state index < -0.39 is 0 Å². The second-order valence-corrected chi connectivity index (χ2v) is 5.66. The number of carbonyl (C=O) groups is 1. The van der Waals surface area contributed by atoms with E-state index in [-0.39, 0.29) is 11.3 Å². The van der Waals surface area contributed by atoms with Gasteiger partial charge in [0.15, 0.2) is 10.4 Å². The van der Waals surface area contributed by atoms with Crippen LogP contribution < -0.4 is 10.6 Å². The van der Waals surface area contributed by atoms with Crippen molar-refractivity contribution in [3.63, 3.8) is 0 Å². The molecule has 5 heteroatoms. The molecule has 0 aromatic carbocycles. The number of amides is 1. The molecule has 1 amide bonds. The normalized spacial score (nSPS) is 24.6. The second kappa shape index (κ2) is 5.23. The van der Waals surface area contributed by atoms with Crippen molar-refractivity contribution in [2.45, 2.75) is 19.8 Å². The number of halogens is 1. The number of nitrogens with one attached hydrogen (secondary N) is 2. The first kappa shape index (κ1) is 12.6. The summed E-state index contributed by atoms with van der Waals surface area (Å²) in [7, 11) is 0. The van der Waals surface area contributed by atoms with Crippen molar-refractivity contribution in [1.29, 1.82) is 0 Å². The largest absolute Gasteiger partial charge is 0.444 e. The first-order valence-corrected chi connectivity index (χ1v) is 6.63. The fourth-order valence-electron chi connectivity index (χ4n) is 2.09. The van der Waals surface area contributed by atoms with Gasteiger partial charge in [0.05, 0.1) is 0 Å². The van der Waals surface area contributed by atoms with Crippen molar-refractivity contribution in [2.75, 3.05) is 19.6 Å². The second-order valence-electron chi connectivity index (χ2n) is 4.88. The summed E-state index contributed by atoms with van der Waals surface area (Å²) in [6, 6.07) is 3.39. The highest BCUT2D eigenvalue weighted by Gasteiger charge is 2.27. The highest BCUT2D eigenvalue weighted by molar-refractivity contribution is 9.10. The number of carbonyl (C=O) groups excluding carboxylic acids is 1. The van der Waals surface area contributed by atoms with E-state index in [1.165, 1.54) is 6.42 Å². The summed E-state index contributed by atoms with van der Waals surface area (Å²) in [5.41, 5.74) is 0.151. The molecule has 1 aliphatic rings. The molecule has 0 bridgehead atoms. The van der Waals surface area contributed by atoms with E-state index in [0.717, 1.165) is 19.5 Å². The van der Waals surface area contributed by atoms with Crippen LogP contribution in [0.15, 0.2) is 21.2 Å². The van der Waals surface area contributed by atoms with Gasteiger partial charge in [0.1, 0.15) is 0 Å². The van der Waals surface area contributed by atoms with E-state index in [2.05, 4.69) is 33.5 Å². The molecule has 0 saturated carbocycles. The van der Waals surface area contributed by atoms with Crippen LogP contribution in [0.2, 0.25) is 0 Å². The predicted molar refractivity (Wildman–Crippen MR) is 69.0 cm³/mol. The van der Waals surface area contributed by atoms with E-state index >= 15 is 0 Å². The maximum Gasteiger partial charge on any atom is 0.287 e. The van der Waals surface area contributed by atoms with Crippen LogP contribution in [0.3, 0.4) is 0 Å². The molecule has 2 rings (SSSR count). The average Bonchev–Trinajstić information content (AvgIpc) is 2.74. The van der Waals surface area contributed by atoms with Crippen molar-refractivity contribution in [2.24, 2.45) is 5.41 Å². The van der Waals surface area contributed by atoms with Crippen molar-refractivity contribution in [3.05, 3.63) is 22.6 Å². The number of furan rings is 1. The molecule has 0 spiro atoms. The van der Waals surface area contributed by atoms with E-state index in [1.807, 2.05) is 0 Å². The number of piperidine rings is 1. The molecule has 1 aromatic heterocycles. The molecular weight excluding hydrogens is 284 g/mol. The highest BCUT2D eigenvalue weighted by Crippen LogP contribution is 2.24. The summed E-state index contributed by atoms with van der Waals surface area (Å²) in [5, 5.41) is 6.29. The third-order valence-corrected chi connectivity index (χ3v) is 3.58. The molecule has 1 atom stereocenters. The SMILES string of the molecule is CC1(CNC(=O)c2ccc(Br)o2)CCCNC1. The van der Waals surface area contributed by atoms with E-state index in [9.17, 15) is 4.79 Å². The van der Waals surface area contributed by atoms with Crippen molar-refractivity contribution >= 4 is 21.8 Å². The van der Waals surface area contributed by atoms with Gasteiger partial charge in [0.25, 0.3) is 5.91 Å². The zero-order chi connectivity index (χ0) is 12.3. The predicted octanol–water partition coefficient (Wildman–Crippen LogP) is 2.16. The smallest absolute Gasteiger partial charge is 0.287 e. The first-order valence-electron chi connectivity index (χ1n) is 5.83. The van der Waals surface area contributed by atoms with Crippen molar-refractivity contribution in [3.8, 4) is 0 Å². The van der Waals surface area contributed by atoms with Gasteiger partial charge in [-0.05, 0) is 52.9 Å². The lowest BCUT2D eigenvalue weighted by molar-refractivity contribution is 0.0895. The van der Waals surface area contributed by atoms with Crippen LogP contribution in [-0.4, -0.2) is 25.5 Å². The Morgan fingerprint density at radius 2 is 2.47 bits per heavy atom. The Hall–Kier alpha value is -0.810. The molecule has 17 heavy (non-hydrogen) atoms. The van der Waals surface area contributed by atoms with Crippen molar-refractivity contribution in [1.82, 2.24) is 10.6 Å². The maximum atomic E-state index is 11.8. The topological polar surface area (TPSA) is 54.3 Å². The first-order chi connectivity index (χ1) is 8.09. The lowest BCUT2D eigenvalue weighted by Crippen LogP contribution is -2.45. The summed E-state index contributed by atoms with van der Waals surface area (Å²) in [6.07, 6.45) is 2.31.